The van der Waals surface area contributed by atoms with Gasteiger partial charge in [0.15, 0.2) is 0 Å². The van der Waals surface area contributed by atoms with E-state index < -0.39 is 17.6 Å². The molecule has 5 nitrogen and oxygen atoms in total. The molecule has 35 heavy (non-hydrogen) atoms. The fraction of sp³-hybridized carbons (Fsp3) is 0.259. The molecule has 3 aromatic carbocycles. The molecule has 1 fully saturated rings. The normalized spacial score (nSPS) is 14.3. The third-order valence-electron chi connectivity index (χ3n) is 5.86. The number of amides is 3. The molecular formula is C27H26F3N3O2. The Hall–Kier alpha value is -3.81. The fourth-order valence-electron chi connectivity index (χ4n) is 4.38. The van der Waals surface area contributed by atoms with Crippen LogP contribution in [0.3, 0.4) is 0 Å². The van der Waals surface area contributed by atoms with Gasteiger partial charge in [0.05, 0.1) is 16.9 Å². The Morgan fingerprint density at radius 3 is 2.37 bits per heavy atom. The van der Waals surface area contributed by atoms with Gasteiger partial charge in [-0.1, -0.05) is 47.5 Å². The lowest BCUT2D eigenvalue weighted by molar-refractivity contribution is -0.137. The summed E-state index contributed by atoms with van der Waals surface area (Å²) in [5, 5.41) is 2.68. The summed E-state index contributed by atoms with van der Waals surface area (Å²) < 4.78 is 39.2. The van der Waals surface area contributed by atoms with E-state index in [1.807, 2.05) is 13.8 Å². The molecule has 3 aromatic rings. The van der Waals surface area contributed by atoms with Crippen molar-refractivity contribution in [2.24, 2.45) is 0 Å². The Kier molecular flexibility index (Phi) is 6.82. The predicted molar refractivity (Wildman–Crippen MR) is 130 cm³/mol. The number of hydrogen-bond donors (Lipinski definition) is 1. The lowest BCUT2D eigenvalue weighted by atomic mass is 10.1. The van der Waals surface area contributed by atoms with Crippen molar-refractivity contribution in [3.63, 3.8) is 0 Å². The molecule has 3 amide bonds. The van der Waals surface area contributed by atoms with Crippen LogP contribution in [0.4, 0.5) is 29.3 Å². The SMILES string of the molecule is Cc1cc(C)cc(CN2CCCN(c3ccccc3NC(=O)c3cccc(C(F)(F)F)c3)C2=O)c1. The molecule has 0 aliphatic carbocycles. The number of hydrogen-bond acceptors (Lipinski definition) is 2. The van der Waals surface area contributed by atoms with E-state index in [0.29, 0.717) is 31.0 Å². The minimum Gasteiger partial charge on any atom is -0.320 e. The Bertz CT molecular complexity index is 1240. The number of halogens is 3. The zero-order valence-corrected chi connectivity index (χ0v) is 19.5. The number of alkyl halides is 3. The molecule has 0 bridgehead atoms. The van der Waals surface area contributed by atoms with Crippen molar-refractivity contribution in [2.45, 2.75) is 33.0 Å². The van der Waals surface area contributed by atoms with Crippen molar-refractivity contribution in [1.29, 1.82) is 0 Å². The van der Waals surface area contributed by atoms with E-state index in [2.05, 4.69) is 23.5 Å². The summed E-state index contributed by atoms with van der Waals surface area (Å²) in [6.07, 6.45) is -3.81. The van der Waals surface area contributed by atoms with E-state index >= 15 is 0 Å². The van der Waals surface area contributed by atoms with Gasteiger partial charge < -0.3 is 10.2 Å². The highest BCUT2D eigenvalue weighted by atomic mass is 19.4. The van der Waals surface area contributed by atoms with Gasteiger partial charge in [0.25, 0.3) is 5.91 Å². The van der Waals surface area contributed by atoms with Crippen molar-refractivity contribution in [1.82, 2.24) is 4.90 Å². The molecule has 0 unspecified atom stereocenters. The number of carbonyl (C=O) groups excluding carboxylic acids is 2. The third kappa shape index (κ3) is 5.65. The maximum absolute atomic E-state index is 13.4. The van der Waals surface area contributed by atoms with Crippen LogP contribution >= 0.6 is 0 Å². The molecule has 0 radical (unpaired) electrons. The van der Waals surface area contributed by atoms with Crippen LogP contribution in [0.1, 0.15) is 39.0 Å². The van der Waals surface area contributed by atoms with Gasteiger partial charge in [-0.25, -0.2) is 4.79 Å². The zero-order chi connectivity index (χ0) is 25.2. The number of urea groups is 1. The van der Waals surface area contributed by atoms with Crippen LogP contribution in [0.25, 0.3) is 0 Å². The summed E-state index contributed by atoms with van der Waals surface area (Å²) in [6, 6.07) is 17.1. The number of aryl methyl sites for hydroxylation is 2. The number of nitrogens with one attached hydrogen (secondary N) is 1. The number of nitrogens with zero attached hydrogens (tertiary/aromatic N) is 2. The second-order valence-corrected chi connectivity index (χ2v) is 8.76. The van der Waals surface area contributed by atoms with Crippen LogP contribution in [0.2, 0.25) is 0 Å². The van der Waals surface area contributed by atoms with Crippen LogP contribution in [-0.2, 0) is 12.7 Å². The molecule has 0 saturated carbocycles. The lowest BCUT2D eigenvalue weighted by Crippen LogP contribution is -2.49. The second-order valence-electron chi connectivity index (χ2n) is 8.76. The molecule has 1 aliphatic rings. The van der Waals surface area contributed by atoms with Crippen molar-refractivity contribution in [3.05, 3.63) is 94.5 Å². The van der Waals surface area contributed by atoms with E-state index in [4.69, 9.17) is 0 Å². The van der Waals surface area contributed by atoms with E-state index in [9.17, 15) is 22.8 Å². The van der Waals surface area contributed by atoms with Crippen LogP contribution < -0.4 is 10.2 Å². The Morgan fingerprint density at radius 1 is 0.943 bits per heavy atom. The van der Waals surface area contributed by atoms with Crippen molar-refractivity contribution in [3.8, 4) is 0 Å². The number of para-hydroxylation sites is 2. The molecule has 1 saturated heterocycles. The summed E-state index contributed by atoms with van der Waals surface area (Å²) in [5.74, 6) is -0.680. The first-order valence-corrected chi connectivity index (χ1v) is 11.3. The molecule has 0 aromatic heterocycles. The van der Waals surface area contributed by atoms with Crippen LogP contribution in [0, 0.1) is 13.8 Å². The largest absolute Gasteiger partial charge is 0.416 e. The quantitative estimate of drug-likeness (QED) is 0.458. The van der Waals surface area contributed by atoms with E-state index in [-0.39, 0.29) is 11.6 Å². The van der Waals surface area contributed by atoms with Gasteiger partial charge in [0.2, 0.25) is 0 Å². The molecule has 0 spiro atoms. The smallest absolute Gasteiger partial charge is 0.320 e. The number of carbonyl (C=O) groups is 2. The van der Waals surface area contributed by atoms with Crippen LogP contribution in [-0.4, -0.2) is 29.9 Å². The molecule has 4 rings (SSSR count). The Labute approximate surface area is 202 Å². The Morgan fingerprint density at radius 2 is 1.66 bits per heavy atom. The minimum absolute atomic E-state index is 0.115. The first kappa shape index (κ1) is 24.3. The second kappa shape index (κ2) is 9.82. The molecular weight excluding hydrogens is 455 g/mol. The maximum Gasteiger partial charge on any atom is 0.416 e. The third-order valence-corrected chi connectivity index (χ3v) is 5.86. The number of anilines is 2. The standard InChI is InChI=1S/C27H26F3N3O2/c1-18-13-19(2)15-20(14-18)17-32-11-6-12-33(26(32)35)24-10-4-3-9-23(24)31-25(34)21-7-5-8-22(16-21)27(28,29)30/h3-5,7-10,13-16H,6,11-12,17H2,1-2H3,(H,31,34). The highest BCUT2D eigenvalue weighted by Crippen LogP contribution is 2.32. The van der Waals surface area contributed by atoms with Crippen molar-refractivity contribution < 1.29 is 22.8 Å². The van der Waals surface area contributed by atoms with Crippen LogP contribution in [0.5, 0.6) is 0 Å². The predicted octanol–water partition coefficient (Wildman–Crippen LogP) is 6.41. The topological polar surface area (TPSA) is 52.6 Å². The molecule has 0 atom stereocenters. The van der Waals surface area contributed by atoms with E-state index in [1.54, 1.807) is 34.1 Å². The number of benzene rings is 3. The summed E-state index contributed by atoms with van der Waals surface area (Å²) in [7, 11) is 0. The van der Waals surface area contributed by atoms with E-state index in [0.717, 1.165) is 35.2 Å². The molecule has 8 heteroatoms. The van der Waals surface area contributed by atoms with Gasteiger partial charge in [-0.2, -0.15) is 13.2 Å². The summed E-state index contributed by atoms with van der Waals surface area (Å²) in [4.78, 5) is 29.5. The number of rotatable bonds is 5. The molecule has 1 N–H and O–H groups in total. The highest BCUT2D eigenvalue weighted by Gasteiger charge is 2.31. The van der Waals surface area contributed by atoms with Gasteiger partial charge in [0, 0.05) is 25.2 Å². The highest BCUT2D eigenvalue weighted by molar-refractivity contribution is 6.07. The van der Waals surface area contributed by atoms with Crippen molar-refractivity contribution >= 4 is 23.3 Å². The van der Waals surface area contributed by atoms with Crippen LogP contribution in [0.15, 0.2) is 66.7 Å². The summed E-state index contributed by atoms with van der Waals surface area (Å²) >= 11 is 0. The molecule has 1 aliphatic heterocycles. The lowest BCUT2D eigenvalue weighted by Gasteiger charge is -2.36. The summed E-state index contributed by atoms with van der Waals surface area (Å²) in [5.41, 5.74) is 3.15. The van der Waals surface area contributed by atoms with Gasteiger partial charge in [0.1, 0.15) is 0 Å². The maximum atomic E-state index is 13.4. The van der Waals surface area contributed by atoms with Gasteiger partial charge >= 0.3 is 12.2 Å². The van der Waals surface area contributed by atoms with E-state index in [1.165, 1.54) is 12.1 Å². The fourth-order valence-corrected chi connectivity index (χ4v) is 4.38. The average Bonchev–Trinajstić information content (AvgIpc) is 2.80. The molecule has 1 heterocycles. The van der Waals surface area contributed by atoms with Crippen molar-refractivity contribution in [2.75, 3.05) is 23.3 Å². The molecule has 182 valence electrons. The monoisotopic (exact) mass is 481 g/mol. The zero-order valence-electron chi connectivity index (χ0n) is 19.5. The van der Waals surface area contributed by atoms with Gasteiger partial charge in [-0.15, -0.1) is 0 Å². The summed E-state index contributed by atoms with van der Waals surface area (Å²) in [6.45, 7) is 5.59. The minimum atomic E-state index is -4.55. The van der Waals surface area contributed by atoms with Gasteiger partial charge in [-0.3, -0.25) is 9.69 Å². The Balaban J connectivity index is 1.55. The average molecular weight is 482 g/mol. The first-order chi connectivity index (χ1) is 16.6. The van der Waals surface area contributed by atoms with Gasteiger partial charge in [-0.05, 0) is 56.2 Å². The first-order valence-electron chi connectivity index (χ1n) is 11.3.